The first kappa shape index (κ1) is 9.00. The molecule has 5 heavy (non-hydrogen) atoms. The van der Waals surface area contributed by atoms with E-state index in [1.54, 1.807) is 0 Å². The summed E-state index contributed by atoms with van der Waals surface area (Å²) in [5, 5.41) is 0. The van der Waals surface area contributed by atoms with Crippen molar-refractivity contribution in [3.05, 3.63) is 0 Å². The Hall–Kier alpha value is 0.293. The van der Waals surface area contributed by atoms with E-state index < -0.39 is 0 Å². The van der Waals surface area contributed by atoms with Gasteiger partial charge in [0.15, 0.2) is 0 Å². The normalized spacial score (nSPS) is 5.20. The second kappa shape index (κ2) is 4.29. The van der Waals surface area contributed by atoms with Gasteiger partial charge in [-0.1, -0.05) is 0 Å². The minimum absolute atomic E-state index is 0. The zero-order valence-corrected chi connectivity index (χ0v) is 6.58. The largest absolute Gasteiger partial charge is 2.00 e. The Morgan fingerprint density at radius 1 is 1.40 bits per heavy atom. The van der Waals surface area contributed by atoms with Gasteiger partial charge in [0.05, 0.1) is 0 Å². The van der Waals surface area contributed by atoms with Crippen LogP contribution in [0.1, 0.15) is 13.8 Å². The minimum Gasteiger partial charge on any atom is -0.300 e. The molecule has 0 fully saturated rings. The smallest absolute Gasteiger partial charge is 0.300 e. The van der Waals surface area contributed by atoms with Gasteiger partial charge in [0.25, 0.3) is 0 Å². The van der Waals surface area contributed by atoms with Crippen molar-refractivity contribution in [1.82, 2.24) is 0 Å². The van der Waals surface area contributed by atoms with Gasteiger partial charge >= 0.3 is 19.5 Å². The van der Waals surface area contributed by atoms with Crippen LogP contribution in [-0.4, -0.2) is 5.78 Å². The van der Waals surface area contributed by atoms with Crippen molar-refractivity contribution in [2.45, 2.75) is 13.8 Å². The molecule has 0 amide bonds. The van der Waals surface area contributed by atoms with Gasteiger partial charge in [-0.25, -0.2) is 0 Å². The van der Waals surface area contributed by atoms with Crippen LogP contribution in [0.15, 0.2) is 0 Å². The molecule has 0 aliphatic carbocycles. The molecule has 1 nitrogen and oxygen atoms in total. The van der Waals surface area contributed by atoms with E-state index in [-0.39, 0.29) is 25.3 Å². The van der Waals surface area contributed by atoms with Crippen LogP contribution in [0.25, 0.3) is 0 Å². The Bertz CT molecular complexity index is 29.9. The van der Waals surface area contributed by atoms with Crippen LogP contribution in [-0.2, 0) is 24.3 Å². The molecule has 0 saturated carbocycles. The number of ketones is 1. The van der Waals surface area contributed by atoms with Gasteiger partial charge in [-0.15, -0.1) is 0 Å². The zero-order chi connectivity index (χ0) is 3.58. The summed E-state index contributed by atoms with van der Waals surface area (Å²) in [6.45, 7) is 3.06. The summed E-state index contributed by atoms with van der Waals surface area (Å²) in [7, 11) is 0. The average Bonchev–Trinajstić information content (AvgIpc) is 0.811. The topological polar surface area (TPSA) is 17.1 Å². The maximum absolute atomic E-state index is 9.44. The third-order valence-corrected chi connectivity index (χ3v) is 0. The maximum atomic E-state index is 9.44. The molecular formula is C3H6OZn+2. The van der Waals surface area contributed by atoms with Gasteiger partial charge in [-0.3, -0.25) is 0 Å². The van der Waals surface area contributed by atoms with Gasteiger partial charge in [-0.05, 0) is 13.8 Å². The van der Waals surface area contributed by atoms with E-state index in [0.717, 1.165) is 0 Å². The maximum Gasteiger partial charge on any atom is 2.00 e. The molecule has 0 radical (unpaired) electrons. The van der Waals surface area contributed by atoms with E-state index >= 15 is 0 Å². The molecule has 0 heterocycles. The summed E-state index contributed by atoms with van der Waals surface area (Å²) < 4.78 is 0. The summed E-state index contributed by atoms with van der Waals surface area (Å²) in [4.78, 5) is 9.44. The first-order valence-electron chi connectivity index (χ1n) is 1.20. The monoisotopic (exact) mass is 122 g/mol. The second-order valence-corrected chi connectivity index (χ2v) is 0.908. The molecule has 0 atom stereocenters. The van der Waals surface area contributed by atoms with E-state index in [9.17, 15) is 4.79 Å². The predicted octanol–water partition coefficient (Wildman–Crippen LogP) is 0.593. The standard InChI is InChI=1S/C3H6O.Zn/c1-3(2)4;/h1-2H3;/q;+2. The van der Waals surface area contributed by atoms with Crippen molar-refractivity contribution in [2.24, 2.45) is 0 Å². The fourth-order valence-electron chi connectivity index (χ4n) is 0. The quantitative estimate of drug-likeness (QED) is 0.431. The molecule has 0 N–H and O–H groups in total. The Morgan fingerprint density at radius 3 is 1.40 bits per heavy atom. The van der Waals surface area contributed by atoms with Crippen LogP contribution in [0.4, 0.5) is 0 Å². The summed E-state index contributed by atoms with van der Waals surface area (Å²) >= 11 is 0. The molecule has 0 aliphatic rings. The fraction of sp³-hybridized carbons (Fsp3) is 0.667. The Morgan fingerprint density at radius 2 is 1.40 bits per heavy atom. The molecule has 0 aromatic carbocycles. The molecule has 0 rings (SSSR count). The summed E-state index contributed by atoms with van der Waals surface area (Å²) in [5.41, 5.74) is 0. The summed E-state index contributed by atoms with van der Waals surface area (Å²) in [6, 6.07) is 0. The Kier molecular flexibility index (Phi) is 7.72. The van der Waals surface area contributed by atoms with Crippen molar-refractivity contribution >= 4 is 5.78 Å². The molecule has 0 aromatic rings. The number of rotatable bonds is 0. The van der Waals surface area contributed by atoms with Crippen LogP contribution < -0.4 is 0 Å². The van der Waals surface area contributed by atoms with Crippen molar-refractivity contribution in [3.63, 3.8) is 0 Å². The van der Waals surface area contributed by atoms with E-state index in [4.69, 9.17) is 0 Å². The Labute approximate surface area is 44.5 Å². The summed E-state index contributed by atoms with van der Waals surface area (Å²) in [6.07, 6.45) is 0. The summed E-state index contributed by atoms with van der Waals surface area (Å²) in [5.74, 6) is 0.167. The van der Waals surface area contributed by atoms with Crippen molar-refractivity contribution in [2.75, 3.05) is 0 Å². The molecule has 0 aliphatic heterocycles. The van der Waals surface area contributed by atoms with Crippen LogP contribution in [0.5, 0.6) is 0 Å². The minimum atomic E-state index is 0. The molecule has 0 spiro atoms. The van der Waals surface area contributed by atoms with Crippen molar-refractivity contribution in [3.8, 4) is 0 Å². The first-order valence-corrected chi connectivity index (χ1v) is 1.20. The molecule has 24 valence electrons. The first-order chi connectivity index (χ1) is 1.73. The average molecular weight is 123 g/mol. The number of hydrogen-bond donors (Lipinski definition) is 0. The SMILES string of the molecule is CC(C)=O.[Zn+2]. The van der Waals surface area contributed by atoms with Crippen LogP contribution in [0.2, 0.25) is 0 Å². The van der Waals surface area contributed by atoms with Crippen LogP contribution in [0.3, 0.4) is 0 Å². The van der Waals surface area contributed by atoms with Crippen LogP contribution in [0, 0.1) is 0 Å². The zero-order valence-electron chi connectivity index (χ0n) is 3.62. The van der Waals surface area contributed by atoms with Crippen molar-refractivity contribution in [1.29, 1.82) is 0 Å². The van der Waals surface area contributed by atoms with E-state index in [2.05, 4.69) is 0 Å². The molecule has 0 bridgehead atoms. The van der Waals surface area contributed by atoms with Crippen molar-refractivity contribution < 1.29 is 24.3 Å². The van der Waals surface area contributed by atoms with Gasteiger partial charge in [0.1, 0.15) is 5.78 Å². The van der Waals surface area contributed by atoms with E-state index in [1.165, 1.54) is 13.8 Å². The number of Topliss-reactive ketones (excluding diaryl/α,β-unsaturated/α-hetero) is 1. The van der Waals surface area contributed by atoms with E-state index in [0.29, 0.717) is 0 Å². The van der Waals surface area contributed by atoms with Gasteiger partial charge < -0.3 is 4.79 Å². The third kappa shape index (κ3) is 262. The number of carbonyl (C=O) groups excluding carboxylic acids is 1. The number of carbonyl (C=O) groups is 1. The third-order valence-electron chi connectivity index (χ3n) is 0. The van der Waals surface area contributed by atoms with Crippen LogP contribution >= 0.6 is 0 Å². The fourth-order valence-corrected chi connectivity index (χ4v) is 0. The number of hydrogen-bond acceptors (Lipinski definition) is 1. The molecule has 2 heteroatoms. The van der Waals surface area contributed by atoms with Gasteiger partial charge in [-0.2, -0.15) is 0 Å². The molecule has 0 unspecified atom stereocenters. The molecule has 0 aromatic heterocycles. The second-order valence-electron chi connectivity index (χ2n) is 0.908. The molecule has 0 saturated heterocycles. The van der Waals surface area contributed by atoms with E-state index in [1.807, 2.05) is 0 Å². The molecular weight excluding hydrogens is 117 g/mol. The Balaban J connectivity index is 0. The predicted molar refractivity (Wildman–Crippen MR) is 16.4 cm³/mol. The van der Waals surface area contributed by atoms with Gasteiger partial charge in [0, 0.05) is 0 Å². The van der Waals surface area contributed by atoms with Gasteiger partial charge in [0.2, 0.25) is 0 Å².